The minimum absolute atomic E-state index is 0.00189. The molecule has 0 aromatic heterocycles. The highest BCUT2D eigenvalue weighted by molar-refractivity contribution is 7.47. The zero-order valence-corrected chi connectivity index (χ0v) is 37.0. The lowest BCUT2D eigenvalue weighted by atomic mass is 9.85. The summed E-state index contributed by atoms with van der Waals surface area (Å²) in [5.41, 5.74) is 0. The summed E-state index contributed by atoms with van der Waals surface area (Å²) in [4.78, 5) is 35.6. The quantitative estimate of drug-likeness (QED) is 0.0160. The first-order valence-electron chi connectivity index (χ1n) is 21.7. The molecule has 14 heteroatoms. The molecule has 0 radical (unpaired) electrons. The van der Waals surface area contributed by atoms with Crippen LogP contribution in [0.1, 0.15) is 117 Å². The molecule has 0 aromatic rings. The zero-order chi connectivity index (χ0) is 45.0. The van der Waals surface area contributed by atoms with Gasteiger partial charge in [0.25, 0.3) is 0 Å². The molecule has 0 aromatic carbocycles. The second kappa shape index (κ2) is 36.0. The standard InChI is InChI=1S/C47H73O13P/c1-3-5-7-9-11-13-15-17-19-20-22-24-26-28-30-32-34-36-41(49)59-39(38-58-61(55,56)60-47-45(53)43(51)42(50)44(52)46(47)54)37-57-40(48)35-33-31-29-27-25-23-21-18-16-14-12-10-8-6-4-2/h5-8,11-14,17-19,21-22,24-25,27-28,30,39,42-47,50-54H,3-4,9-10,15-16,20,23,26,29,31-38H2,1-2H3,(H,55,56)/b7-5-,8-6-,13-11-,14-12-,19-17-,21-18-,24-22-,27-25-,30-28-/t39-,42?,43-,44?,45?,46?,47?/m1/s1. The number of phosphoric acid groups is 1. The highest BCUT2D eigenvalue weighted by Crippen LogP contribution is 2.47. The number of allylic oxidation sites excluding steroid dienone is 18. The number of hydrogen-bond acceptors (Lipinski definition) is 12. The molecule has 344 valence electrons. The van der Waals surface area contributed by atoms with Crippen LogP contribution in [0.25, 0.3) is 0 Å². The minimum Gasteiger partial charge on any atom is -0.462 e. The van der Waals surface area contributed by atoms with Crippen LogP contribution >= 0.6 is 7.82 Å². The predicted octanol–water partition coefficient (Wildman–Crippen LogP) is 8.05. The molecule has 0 bridgehead atoms. The first-order chi connectivity index (χ1) is 29.4. The number of carbonyl (C=O) groups is 2. The summed E-state index contributed by atoms with van der Waals surface area (Å²) < 4.78 is 33.4. The van der Waals surface area contributed by atoms with Crippen LogP contribution in [0.5, 0.6) is 0 Å². The van der Waals surface area contributed by atoms with E-state index in [9.17, 15) is 44.6 Å². The van der Waals surface area contributed by atoms with E-state index < -0.39 is 75.7 Å². The molecule has 0 saturated heterocycles. The number of rotatable bonds is 33. The van der Waals surface area contributed by atoms with Gasteiger partial charge in [0.2, 0.25) is 0 Å². The third-order valence-electron chi connectivity index (χ3n) is 9.11. The van der Waals surface area contributed by atoms with Gasteiger partial charge < -0.3 is 39.9 Å². The molecule has 1 aliphatic rings. The van der Waals surface area contributed by atoms with E-state index in [2.05, 4.69) is 111 Å². The van der Waals surface area contributed by atoms with Gasteiger partial charge >= 0.3 is 19.8 Å². The maximum atomic E-state index is 12.8. The molecule has 61 heavy (non-hydrogen) atoms. The summed E-state index contributed by atoms with van der Waals surface area (Å²) >= 11 is 0. The van der Waals surface area contributed by atoms with Crippen molar-refractivity contribution in [2.24, 2.45) is 0 Å². The Labute approximate surface area is 363 Å². The van der Waals surface area contributed by atoms with Gasteiger partial charge in [0.15, 0.2) is 6.10 Å². The third kappa shape index (κ3) is 28.7. The van der Waals surface area contributed by atoms with Gasteiger partial charge in [-0.15, -0.1) is 0 Å². The van der Waals surface area contributed by atoms with Crippen LogP contribution in [-0.4, -0.2) is 98.3 Å². The molecule has 8 atom stereocenters. The first kappa shape index (κ1) is 55.5. The number of aliphatic hydroxyl groups excluding tert-OH is 5. The van der Waals surface area contributed by atoms with Gasteiger partial charge in [-0.2, -0.15) is 0 Å². The lowest BCUT2D eigenvalue weighted by Gasteiger charge is -2.41. The molecule has 1 saturated carbocycles. The van der Waals surface area contributed by atoms with E-state index in [1.54, 1.807) is 0 Å². The Balaban J connectivity index is 2.58. The van der Waals surface area contributed by atoms with E-state index >= 15 is 0 Å². The van der Waals surface area contributed by atoms with E-state index in [-0.39, 0.29) is 12.8 Å². The second-order valence-electron chi connectivity index (χ2n) is 14.4. The van der Waals surface area contributed by atoms with Crippen LogP contribution < -0.4 is 0 Å². The normalized spacial score (nSPS) is 23.1. The van der Waals surface area contributed by atoms with Crippen molar-refractivity contribution in [2.75, 3.05) is 13.2 Å². The lowest BCUT2D eigenvalue weighted by molar-refractivity contribution is -0.220. The topological polar surface area (TPSA) is 210 Å². The third-order valence-corrected chi connectivity index (χ3v) is 10.1. The summed E-state index contributed by atoms with van der Waals surface area (Å²) in [7, 11) is -5.15. The fourth-order valence-electron chi connectivity index (χ4n) is 5.66. The summed E-state index contributed by atoms with van der Waals surface area (Å²) in [5, 5.41) is 50.1. The maximum absolute atomic E-state index is 12.8. The molecule has 1 fully saturated rings. The van der Waals surface area contributed by atoms with Crippen LogP contribution in [0, 0.1) is 0 Å². The van der Waals surface area contributed by atoms with Crippen molar-refractivity contribution >= 4 is 19.8 Å². The first-order valence-corrected chi connectivity index (χ1v) is 23.2. The Kier molecular flexibility index (Phi) is 32.8. The Morgan fingerprint density at radius 1 is 0.508 bits per heavy atom. The number of ether oxygens (including phenoxy) is 2. The number of hydrogen-bond donors (Lipinski definition) is 6. The van der Waals surface area contributed by atoms with Crippen LogP contribution in [0.4, 0.5) is 0 Å². The van der Waals surface area contributed by atoms with Gasteiger partial charge in [-0.25, -0.2) is 4.57 Å². The maximum Gasteiger partial charge on any atom is 0.472 e. The van der Waals surface area contributed by atoms with Gasteiger partial charge in [-0.3, -0.25) is 18.6 Å². The smallest absolute Gasteiger partial charge is 0.462 e. The molecule has 6 N–H and O–H groups in total. The molecule has 0 heterocycles. The number of esters is 2. The highest BCUT2D eigenvalue weighted by atomic mass is 31.2. The average Bonchev–Trinajstić information content (AvgIpc) is 3.24. The molecule has 13 nitrogen and oxygen atoms in total. The van der Waals surface area contributed by atoms with Crippen LogP contribution in [-0.2, 0) is 32.7 Å². The van der Waals surface area contributed by atoms with Gasteiger partial charge in [-0.05, 0) is 89.9 Å². The van der Waals surface area contributed by atoms with Gasteiger partial charge in [0.05, 0.1) is 6.61 Å². The van der Waals surface area contributed by atoms with Crippen molar-refractivity contribution in [3.63, 3.8) is 0 Å². The minimum atomic E-state index is -5.15. The van der Waals surface area contributed by atoms with Crippen molar-refractivity contribution in [3.8, 4) is 0 Å². The van der Waals surface area contributed by atoms with Crippen LogP contribution in [0.15, 0.2) is 109 Å². The second-order valence-corrected chi connectivity index (χ2v) is 15.8. The molecule has 0 amide bonds. The summed E-state index contributed by atoms with van der Waals surface area (Å²) in [6, 6.07) is 0. The Bertz CT molecular complexity index is 1480. The SMILES string of the molecule is CC/C=C\C/C=C\C/C=C\C/C=C\C/C=C\CCCC(=O)O[C@H](COC(=O)CCCC/C=C\C/C=C\C/C=C\C/C=C\CC)COP(=O)(O)OC1C(O)C(O)C(O)[C@@H](O)C1O. The number of phosphoric ester groups is 1. The summed E-state index contributed by atoms with van der Waals surface area (Å²) in [6.07, 6.45) is 35.9. The monoisotopic (exact) mass is 876 g/mol. The van der Waals surface area contributed by atoms with Gasteiger partial charge in [0, 0.05) is 12.8 Å². The van der Waals surface area contributed by atoms with E-state index in [1.807, 2.05) is 12.2 Å². The Hall–Kier alpha value is -3.49. The molecular weight excluding hydrogens is 803 g/mol. The summed E-state index contributed by atoms with van der Waals surface area (Å²) in [6.45, 7) is 2.95. The molecule has 1 rings (SSSR count). The van der Waals surface area contributed by atoms with E-state index in [4.69, 9.17) is 18.5 Å². The van der Waals surface area contributed by atoms with Crippen molar-refractivity contribution < 1.29 is 63.1 Å². The van der Waals surface area contributed by atoms with Crippen molar-refractivity contribution in [2.45, 2.75) is 159 Å². The van der Waals surface area contributed by atoms with E-state index in [0.29, 0.717) is 19.3 Å². The van der Waals surface area contributed by atoms with Crippen molar-refractivity contribution in [3.05, 3.63) is 109 Å². The largest absolute Gasteiger partial charge is 0.472 e. The number of carbonyl (C=O) groups excluding carboxylic acids is 2. The molecule has 1 aliphatic carbocycles. The van der Waals surface area contributed by atoms with E-state index in [0.717, 1.165) is 70.6 Å². The average molecular weight is 877 g/mol. The zero-order valence-electron chi connectivity index (χ0n) is 36.1. The van der Waals surface area contributed by atoms with Crippen molar-refractivity contribution in [1.82, 2.24) is 0 Å². The van der Waals surface area contributed by atoms with E-state index in [1.165, 1.54) is 0 Å². The van der Waals surface area contributed by atoms with Gasteiger partial charge in [-0.1, -0.05) is 123 Å². The molecule has 6 unspecified atom stereocenters. The molecule has 0 aliphatic heterocycles. The number of aliphatic hydroxyl groups is 5. The van der Waals surface area contributed by atoms with Crippen LogP contribution in [0.2, 0.25) is 0 Å². The Morgan fingerprint density at radius 2 is 0.885 bits per heavy atom. The Morgan fingerprint density at radius 3 is 1.33 bits per heavy atom. The molecular formula is C47H73O13P. The van der Waals surface area contributed by atoms with Gasteiger partial charge in [0.1, 0.15) is 43.2 Å². The highest BCUT2D eigenvalue weighted by Gasteiger charge is 2.51. The molecule has 0 spiro atoms. The fraction of sp³-hybridized carbons (Fsp3) is 0.574. The lowest BCUT2D eigenvalue weighted by Crippen LogP contribution is -2.64. The predicted molar refractivity (Wildman–Crippen MR) is 239 cm³/mol. The fourth-order valence-corrected chi connectivity index (χ4v) is 6.64. The number of unbranched alkanes of at least 4 members (excludes halogenated alkanes) is 3. The van der Waals surface area contributed by atoms with Crippen LogP contribution in [0.3, 0.4) is 0 Å². The summed E-state index contributed by atoms with van der Waals surface area (Å²) in [5.74, 6) is -1.23. The van der Waals surface area contributed by atoms with Crippen molar-refractivity contribution in [1.29, 1.82) is 0 Å².